The number of benzene rings is 3. The van der Waals surface area contributed by atoms with Crippen LogP contribution in [0.1, 0.15) is 24.8 Å². The van der Waals surface area contributed by atoms with Crippen molar-refractivity contribution in [3.05, 3.63) is 78.4 Å². The molecule has 1 unspecified atom stereocenters. The highest BCUT2D eigenvalue weighted by Gasteiger charge is 2.44. The first-order chi connectivity index (χ1) is 21.0. The number of piperidine rings is 1. The molecule has 2 saturated heterocycles. The van der Waals surface area contributed by atoms with Gasteiger partial charge in [0.05, 0.1) is 22.0 Å². The van der Waals surface area contributed by atoms with Crippen LogP contribution in [0.2, 0.25) is 0 Å². The van der Waals surface area contributed by atoms with Crippen molar-refractivity contribution in [1.29, 1.82) is 0 Å². The third-order valence-corrected chi connectivity index (χ3v) is 11.7. The Morgan fingerprint density at radius 3 is 2.30 bits per heavy atom. The number of ether oxygens (including phenoxy) is 2. The summed E-state index contributed by atoms with van der Waals surface area (Å²) in [5.41, 5.74) is 8.26. The van der Waals surface area contributed by atoms with Crippen molar-refractivity contribution in [2.75, 3.05) is 39.9 Å². The van der Waals surface area contributed by atoms with E-state index in [2.05, 4.69) is 10.0 Å². The first-order valence-corrected chi connectivity index (χ1v) is 17.6. The molecule has 2 heterocycles. The Morgan fingerprint density at radius 2 is 1.66 bits per heavy atom. The van der Waals surface area contributed by atoms with Crippen molar-refractivity contribution >= 4 is 20.0 Å². The number of nitrogens with one attached hydrogen (secondary N) is 2. The van der Waals surface area contributed by atoms with Crippen LogP contribution in [-0.2, 0) is 31.3 Å². The highest BCUT2D eigenvalue weighted by molar-refractivity contribution is 7.89. The van der Waals surface area contributed by atoms with Gasteiger partial charge in [0, 0.05) is 38.3 Å². The van der Waals surface area contributed by atoms with Gasteiger partial charge in [-0.2, -0.15) is 4.31 Å². The lowest BCUT2D eigenvalue weighted by atomic mass is 9.88. The zero-order valence-electron chi connectivity index (χ0n) is 24.7. The Hall–Kier alpha value is -2.88. The second-order valence-corrected chi connectivity index (χ2v) is 15.1. The normalized spacial score (nSPS) is 19.7. The fourth-order valence-corrected chi connectivity index (χ4v) is 7.87. The molecule has 5 N–H and O–H groups in total. The van der Waals surface area contributed by atoms with Crippen LogP contribution < -0.4 is 20.5 Å². The Labute approximate surface area is 259 Å². The summed E-state index contributed by atoms with van der Waals surface area (Å²) in [6, 6.07) is 21.0. The molecule has 0 aliphatic carbocycles. The maximum absolute atomic E-state index is 13.4. The van der Waals surface area contributed by atoms with Gasteiger partial charge in [0.2, 0.25) is 20.0 Å². The van der Waals surface area contributed by atoms with Gasteiger partial charge in [-0.15, -0.1) is 0 Å². The largest absolute Gasteiger partial charge is 0.491 e. The van der Waals surface area contributed by atoms with Crippen LogP contribution in [0.5, 0.6) is 5.75 Å². The van der Waals surface area contributed by atoms with Gasteiger partial charge in [0.25, 0.3) is 0 Å². The second kappa shape index (κ2) is 13.6. The molecule has 11 nitrogen and oxygen atoms in total. The summed E-state index contributed by atoms with van der Waals surface area (Å²) in [4.78, 5) is 0.356. The van der Waals surface area contributed by atoms with Gasteiger partial charge in [0.1, 0.15) is 18.5 Å². The molecule has 13 heteroatoms. The molecule has 0 aromatic heterocycles. The van der Waals surface area contributed by atoms with E-state index >= 15 is 0 Å². The summed E-state index contributed by atoms with van der Waals surface area (Å²) >= 11 is 0. The van der Waals surface area contributed by atoms with Crippen molar-refractivity contribution in [2.45, 2.75) is 53.3 Å². The topological polar surface area (TPSA) is 160 Å². The third-order valence-electron chi connectivity index (χ3n) is 8.33. The quantitative estimate of drug-likeness (QED) is 0.231. The molecule has 0 saturated carbocycles. The van der Waals surface area contributed by atoms with E-state index in [1.807, 2.05) is 36.4 Å². The maximum Gasteiger partial charge on any atom is 0.243 e. The summed E-state index contributed by atoms with van der Waals surface area (Å²) in [5.74, 6) is 0.346. The second-order valence-electron chi connectivity index (χ2n) is 11.3. The van der Waals surface area contributed by atoms with Crippen LogP contribution in [0.25, 0.3) is 11.1 Å². The maximum atomic E-state index is 13.4. The lowest BCUT2D eigenvalue weighted by molar-refractivity contribution is -0.0312. The molecule has 3 aromatic carbocycles. The number of nitrogens with two attached hydrogens (primary N) is 1. The Kier molecular flexibility index (Phi) is 10.1. The first-order valence-electron chi connectivity index (χ1n) is 14.6. The summed E-state index contributed by atoms with van der Waals surface area (Å²) < 4.78 is 66.4. The lowest BCUT2D eigenvalue weighted by Gasteiger charge is -2.38. The predicted octanol–water partition coefficient (Wildman–Crippen LogP) is 2.06. The molecule has 0 radical (unpaired) electrons. The van der Waals surface area contributed by atoms with Crippen LogP contribution in [0.15, 0.2) is 82.6 Å². The van der Waals surface area contributed by atoms with Crippen molar-refractivity contribution in [3.8, 4) is 16.9 Å². The minimum Gasteiger partial charge on any atom is -0.491 e. The van der Waals surface area contributed by atoms with Crippen molar-refractivity contribution in [3.63, 3.8) is 0 Å². The summed E-state index contributed by atoms with van der Waals surface area (Å²) in [6.07, 6.45) is 1.08. The molecule has 2 fully saturated rings. The Bertz CT molecular complexity index is 1620. The number of aliphatic hydroxyl groups is 1. The van der Waals surface area contributed by atoms with Gasteiger partial charge in [-0.3, -0.25) is 0 Å². The molecule has 0 amide bonds. The number of aliphatic hydroxyl groups excluding tert-OH is 1. The summed E-state index contributed by atoms with van der Waals surface area (Å²) in [5, 5.41) is 13.8. The molecule has 5 rings (SSSR count). The average molecular weight is 645 g/mol. The van der Waals surface area contributed by atoms with Crippen molar-refractivity contribution in [2.24, 2.45) is 5.73 Å². The smallest absolute Gasteiger partial charge is 0.243 e. The number of rotatable bonds is 12. The van der Waals surface area contributed by atoms with Gasteiger partial charge in [-0.25, -0.2) is 21.6 Å². The van der Waals surface area contributed by atoms with Crippen LogP contribution in [0.3, 0.4) is 0 Å². The molecule has 44 heavy (non-hydrogen) atoms. The fourth-order valence-electron chi connectivity index (χ4n) is 5.66. The Morgan fingerprint density at radius 1 is 1.00 bits per heavy atom. The monoisotopic (exact) mass is 644 g/mol. The minimum atomic E-state index is -3.63. The van der Waals surface area contributed by atoms with Crippen LogP contribution in [0, 0.1) is 0 Å². The summed E-state index contributed by atoms with van der Waals surface area (Å²) in [6.45, 7) is 1.95. The fraction of sp³-hybridized carbons (Fsp3) is 0.419. The molecular weight excluding hydrogens is 604 g/mol. The van der Waals surface area contributed by atoms with E-state index in [4.69, 9.17) is 15.2 Å². The van der Waals surface area contributed by atoms with Gasteiger partial charge in [0.15, 0.2) is 0 Å². The van der Waals surface area contributed by atoms with E-state index in [-0.39, 0.29) is 29.0 Å². The number of hydrogen-bond acceptors (Lipinski definition) is 9. The zero-order valence-corrected chi connectivity index (χ0v) is 26.3. The molecule has 0 bridgehead atoms. The SMILES string of the molecule is CNS(=O)(=O)c1cccc(OC[C@@H](O)CNC2COC3(CCN(S(=O)(=O)c4ccc(-c5ccc(CN)cc5)cc4)CC3)C2)c1. The van der Waals surface area contributed by atoms with E-state index in [1.165, 1.54) is 23.5 Å². The minimum absolute atomic E-state index is 0.0108. The highest BCUT2D eigenvalue weighted by atomic mass is 32.2. The standard InChI is InChI=1S/C31H40N4O7S2/c1-33-43(37,38)30-4-2-3-28(17-30)41-22-27(36)20-34-26-18-31(42-21-26)13-15-35(16-14-31)44(39,40)29-11-9-25(10-12-29)24-7-5-23(19-32)6-8-24/h2-12,17,26-27,33-34,36H,13-16,18-22,32H2,1H3/t26?,27-/m0/s1. The van der Waals surface area contributed by atoms with Gasteiger partial charge >= 0.3 is 0 Å². The van der Waals surface area contributed by atoms with Gasteiger partial charge in [-0.05, 0) is 67.3 Å². The van der Waals surface area contributed by atoms with E-state index < -0.39 is 31.8 Å². The zero-order chi connectivity index (χ0) is 31.4. The first kappa shape index (κ1) is 32.5. The molecule has 2 atom stereocenters. The molecule has 3 aromatic rings. The van der Waals surface area contributed by atoms with Crippen LogP contribution >= 0.6 is 0 Å². The van der Waals surface area contributed by atoms with Crippen molar-refractivity contribution in [1.82, 2.24) is 14.3 Å². The van der Waals surface area contributed by atoms with Crippen LogP contribution in [-0.4, -0.2) is 83.9 Å². The highest BCUT2D eigenvalue weighted by Crippen LogP contribution is 2.37. The molecule has 2 aliphatic rings. The predicted molar refractivity (Wildman–Crippen MR) is 167 cm³/mol. The Balaban J connectivity index is 1.08. The average Bonchev–Trinajstić information content (AvgIpc) is 3.45. The lowest BCUT2D eigenvalue weighted by Crippen LogP contribution is -2.47. The van der Waals surface area contributed by atoms with Gasteiger partial charge < -0.3 is 25.6 Å². The summed E-state index contributed by atoms with van der Waals surface area (Å²) in [7, 11) is -5.89. The van der Waals surface area contributed by atoms with Crippen molar-refractivity contribution < 1.29 is 31.4 Å². The number of hydrogen-bond donors (Lipinski definition) is 4. The van der Waals surface area contributed by atoms with E-state index in [0.717, 1.165) is 23.1 Å². The molecular formula is C31H40N4O7S2. The van der Waals surface area contributed by atoms with E-state index in [9.17, 15) is 21.9 Å². The van der Waals surface area contributed by atoms with Gasteiger partial charge in [-0.1, -0.05) is 42.5 Å². The number of nitrogens with zero attached hydrogens (tertiary/aromatic N) is 1. The van der Waals surface area contributed by atoms with Crippen LogP contribution in [0.4, 0.5) is 0 Å². The molecule has 2 aliphatic heterocycles. The number of sulfonamides is 2. The third kappa shape index (κ3) is 7.49. The van der Waals surface area contributed by atoms with E-state index in [0.29, 0.717) is 44.8 Å². The molecule has 1 spiro atoms. The molecule has 238 valence electrons. The van der Waals surface area contributed by atoms with E-state index in [1.54, 1.807) is 24.3 Å².